The first-order chi connectivity index (χ1) is 10.2. The molecule has 0 amide bonds. The SMILES string of the molecule is COc1ccc(C(Cc2ccccc2OC)C(=O)Cl)cc1. The van der Waals surface area contributed by atoms with Crippen LogP contribution in [-0.4, -0.2) is 19.5 Å². The van der Waals surface area contributed by atoms with Gasteiger partial charge in [0.05, 0.1) is 20.1 Å². The van der Waals surface area contributed by atoms with E-state index < -0.39 is 5.92 Å². The maximum absolute atomic E-state index is 11.8. The molecule has 0 aromatic heterocycles. The summed E-state index contributed by atoms with van der Waals surface area (Å²) in [5, 5.41) is -0.383. The first kappa shape index (κ1) is 15.4. The first-order valence-electron chi connectivity index (χ1n) is 6.61. The molecule has 0 heterocycles. The second-order valence-corrected chi connectivity index (χ2v) is 5.02. The molecule has 0 aliphatic heterocycles. The van der Waals surface area contributed by atoms with Crippen LogP contribution in [0.3, 0.4) is 0 Å². The van der Waals surface area contributed by atoms with Crippen molar-refractivity contribution in [3.05, 3.63) is 59.7 Å². The molecule has 21 heavy (non-hydrogen) atoms. The van der Waals surface area contributed by atoms with Crippen LogP contribution in [-0.2, 0) is 11.2 Å². The summed E-state index contributed by atoms with van der Waals surface area (Å²) < 4.78 is 10.5. The molecular weight excluding hydrogens is 288 g/mol. The lowest BCUT2D eigenvalue weighted by Gasteiger charge is -2.15. The predicted octanol–water partition coefficient (Wildman–Crippen LogP) is 3.80. The van der Waals surface area contributed by atoms with E-state index >= 15 is 0 Å². The second kappa shape index (κ2) is 7.14. The highest BCUT2D eigenvalue weighted by Crippen LogP contribution is 2.29. The molecule has 0 aliphatic rings. The van der Waals surface area contributed by atoms with E-state index in [0.717, 1.165) is 22.6 Å². The summed E-state index contributed by atoms with van der Waals surface area (Å²) >= 11 is 5.79. The molecule has 0 fully saturated rings. The van der Waals surface area contributed by atoms with Crippen molar-refractivity contribution in [2.75, 3.05) is 14.2 Å². The third-order valence-corrected chi connectivity index (χ3v) is 3.67. The Balaban J connectivity index is 2.28. The highest BCUT2D eigenvalue weighted by atomic mass is 35.5. The highest BCUT2D eigenvalue weighted by molar-refractivity contribution is 6.64. The van der Waals surface area contributed by atoms with Crippen molar-refractivity contribution < 1.29 is 14.3 Å². The van der Waals surface area contributed by atoms with Gasteiger partial charge >= 0.3 is 0 Å². The number of para-hydroxylation sites is 1. The number of carbonyl (C=O) groups excluding carboxylic acids is 1. The van der Waals surface area contributed by atoms with Gasteiger partial charge in [-0.25, -0.2) is 0 Å². The predicted molar refractivity (Wildman–Crippen MR) is 83.3 cm³/mol. The minimum atomic E-state index is -0.408. The molecule has 0 radical (unpaired) electrons. The largest absolute Gasteiger partial charge is 0.497 e. The van der Waals surface area contributed by atoms with E-state index in [4.69, 9.17) is 21.1 Å². The van der Waals surface area contributed by atoms with Crippen molar-refractivity contribution >= 4 is 16.8 Å². The van der Waals surface area contributed by atoms with Crippen molar-refractivity contribution in [3.8, 4) is 11.5 Å². The number of carbonyl (C=O) groups is 1. The Kier molecular flexibility index (Phi) is 5.23. The Morgan fingerprint density at radius 3 is 2.29 bits per heavy atom. The van der Waals surface area contributed by atoms with E-state index in [1.807, 2.05) is 48.5 Å². The number of hydrogen-bond acceptors (Lipinski definition) is 3. The van der Waals surface area contributed by atoms with Gasteiger partial charge in [0.15, 0.2) is 0 Å². The van der Waals surface area contributed by atoms with Crippen LogP contribution in [0, 0.1) is 0 Å². The monoisotopic (exact) mass is 304 g/mol. The molecule has 2 aromatic carbocycles. The smallest absolute Gasteiger partial charge is 0.229 e. The summed E-state index contributed by atoms with van der Waals surface area (Å²) in [6, 6.07) is 15.0. The Bertz CT molecular complexity index is 608. The van der Waals surface area contributed by atoms with Gasteiger partial charge in [-0.2, -0.15) is 0 Å². The van der Waals surface area contributed by atoms with Gasteiger partial charge in [0, 0.05) is 0 Å². The Labute approximate surface area is 129 Å². The number of ether oxygens (including phenoxy) is 2. The van der Waals surface area contributed by atoms with Gasteiger partial charge in [0.2, 0.25) is 5.24 Å². The minimum absolute atomic E-state index is 0.383. The van der Waals surface area contributed by atoms with Crippen LogP contribution >= 0.6 is 11.6 Å². The molecule has 2 rings (SSSR count). The van der Waals surface area contributed by atoms with Crippen LogP contribution in [0.15, 0.2) is 48.5 Å². The standard InChI is InChI=1S/C17H17ClO3/c1-20-14-9-7-12(8-10-14)15(17(18)19)11-13-5-3-4-6-16(13)21-2/h3-10,15H,11H2,1-2H3. The lowest BCUT2D eigenvalue weighted by atomic mass is 9.92. The average Bonchev–Trinajstić information content (AvgIpc) is 2.53. The quantitative estimate of drug-likeness (QED) is 0.762. The molecule has 0 N–H and O–H groups in total. The summed E-state index contributed by atoms with van der Waals surface area (Å²) in [6.07, 6.45) is 0.499. The summed E-state index contributed by atoms with van der Waals surface area (Å²) in [5.41, 5.74) is 1.82. The molecule has 4 heteroatoms. The molecule has 0 aliphatic carbocycles. The van der Waals surface area contributed by atoms with E-state index in [9.17, 15) is 4.79 Å². The van der Waals surface area contributed by atoms with E-state index in [2.05, 4.69) is 0 Å². The molecule has 0 saturated heterocycles. The second-order valence-electron chi connectivity index (χ2n) is 4.65. The molecule has 1 unspecified atom stereocenters. The molecule has 110 valence electrons. The third-order valence-electron chi connectivity index (χ3n) is 3.41. The Morgan fingerprint density at radius 1 is 1.05 bits per heavy atom. The topological polar surface area (TPSA) is 35.5 Å². The van der Waals surface area contributed by atoms with Crippen LogP contribution in [0.2, 0.25) is 0 Å². The number of methoxy groups -OCH3 is 2. The Morgan fingerprint density at radius 2 is 1.71 bits per heavy atom. The summed E-state index contributed by atoms with van der Waals surface area (Å²) in [5.74, 6) is 1.10. The van der Waals surface area contributed by atoms with Gasteiger partial charge in [-0.1, -0.05) is 30.3 Å². The Hall–Kier alpha value is -2.00. The zero-order chi connectivity index (χ0) is 15.2. The summed E-state index contributed by atoms with van der Waals surface area (Å²) in [6.45, 7) is 0. The molecule has 0 bridgehead atoms. The van der Waals surface area contributed by atoms with Crippen molar-refractivity contribution in [3.63, 3.8) is 0 Å². The highest BCUT2D eigenvalue weighted by Gasteiger charge is 2.21. The van der Waals surface area contributed by atoms with Gasteiger partial charge in [0.25, 0.3) is 0 Å². The van der Waals surface area contributed by atoms with E-state index in [0.29, 0.717) is 6.42 Å². The van der Waals surface area contributed by atoms with Gasteiger partial charge in [0.1, 0.15) is 11.5 Å². The van der Waals surface area contributed by atoms with Crippen molar-refractivity contribution in [1.82, 2.24) is 0 Å². The number of hydrogen-bond donors (Lipinski definition) is 0. The number of benzene rings is 2. The normalized spacial score (nSPS) is 11.8. The van der Waals surface area contributed by atoms with Gasteiger partial charge in [-0.15, -0.1) is 0 Å². The van der Waals surface area contributed by atoms with Crippen LogP contribution in [0.5, 0.6) is 11.5 Å². The van der Waals surface area contributed by atoms with Crippen LogP contribution in [0.25, 0.3) is 0 Å². The van der Waals surface area contributed by atoms with Crippen LogP contribution in [0.1, 0.15) is 17.0 Å². The minimum Gasteiger partial charge on any atom is -0.497 e. The fourth-order valence-electron chi connectivity index (χ4n) is 2.26. The molecule has 2 aromatic rings. The van der Waals surface area contributed by atoms with Gasteiger partial charge in [-0.05, 0) is 47.3 Å². The van der Waals surface area contributed by atoms with E-state index in [-0.39, 0.29) is 5.24 Å². The third kappa shape index (κ3) is 3.76. The molecule has 0 spiro atoms. The zero-order valence-corrected chi connectivity index (χ0v) is 12.8. The van der Waals surface area contributed by atoms with E-state index in [1.54, 1.807) is 14.2 Å². The molecule has 3 nitrogen and oxygen atoms in total. The fourth-order valence-corrected chi connectivity index (χ4v) is 2.46. The summed E-state index contributed by atoms with van der Waals surface area (Å²) in [4.78, 5) is 11.8. The maximum atomic E-state index is 11.8. The molecule has 0 saturated carbocycles. The van der Waals surface area contributed by atoms with Crippen molar-refractivity contribution in [1.29, 1.82) is 0 Å². The molecular formula is C17H17ClO3. The van der Waals surface area contributed by atoms with Crippen molar-refractivity contribution in [2.45, 2.75) is 12.3 Å². The van der Waals surface area contributed by atoms with Gasteiger partial charge in [-0.3, -0.25) is 4.79 Å². The lowest BCUT2D eigenvalue weighted by Crippen LogP contribution is -2.11. The lowest BCUT2D eigenvalue weighted by molar-refractivity contribution is -0.113. The van der Waals surface area contributed by atoms with Crippen LogP contribution in [0.4, 0.5) is 0 Å². The van der Waals surface area contributed by atoms with Crippen molar-refractivity contribution in [2.24, 2.45) is 0 Å². The summed E-state index contributed by atoms with van der Waals surface area (Å²) in [7, 11) is 3.22. The fraction of sp³-hybridized carbons (Fsp3) is 0.235. The number of halogens is 1. The maximum Gasteiger partial charge on any atom is 0.229 e. The zero-order valence-electron chi connectivity index (χ0n) is 12.0. The first-order valence-corrected chi connectivity index (χ1v) is 6.98. The van der Waals surface area contributed by atoms with Gasteiger partial charge < -0.3 is 9.47 Å². The average molecular weight is 305 g/mol. The van der Waals surface area contributed by atoms with E-state index in [1.165, 1.54) is 0 Å². The van der Waals surface area contributed by atoms with Crippen LogP contribution < -0.4 is 9.47 Å². The number of rotatable bonds is 6. The molecule has 1 atom stereocenters.